The van der Waals surface area contributed by atoms with Crippen LogP contribution in [0.2, 0.25) is 0 Å². The highest BCUT2D eigenvalue weighted by Gasteiger charge is 2.37. The van der Waals surface area contributed by atoms with Gasteiger partial charge in [0.05, 0.1) is 30.4 Å². The third-order valence-corrected chi connectivity index (χ3v) is 5.40. The maximum atomic E-state index is 12.5. The lowest BCUT2D eigenvalue weighted by molar-refractivity contribution is -0.151. The number of carbonyl (C=O) groups excluding carboxylic acids is 4. The minimum absolute atomic E-state index is 0.00324. The van der Waals surface area contributed by atoms with E-state index in [0.29, 0.717) is 35.9 Å². The van der Waals surface area contributed by atoms with E-state index in [0.717, 1.165) is 12.8 Å². The number of nitrogens with zero attached hydrogens (tertiary/aromatic N) is 1. The molecule has 35 heavy (non-hydrogen) atoms. The second-order valence-corrected chi connectivity index (χ2v) is 8.03. The van der Waals surface area contributed by atoms with Gasteiger partial charge in [0.15, 0.2) is 6.61 Å². The molecular weight excluding hydrogens is 452 g/mol. The Morgan fingerprint density at radius 1 is 1.03 bits per heavy atom. The Labute approximate surface area is 204 Å². The first-order valence-corrected chi connectivity index (χ1v) is 11.7. The lowest BCUT2D eigenvalue weighted by Crippen LogP contribution is -2.28. The molecule has 2 amide bonds. The van der Waals surface area contributed by atoms with E-state index in [1.807, 2.05) is 19.9 Å². The van der Waals surface area contributed by atoms with Gasteiger partial charge in [0.1, 0.15) is 5.75 Å². The van der Waals surface area contributed by atoms with Crippen molar-refractivity contribution in [3.63, 3.8) is 0 Å². The predicted molar refractivity (Wildman–Crippen MR) is 129 cm³/mol. The smallest absolute Gasteiger partial charge is 0.338 e. The minimum atomic E-state index is -0.678. The van der Waals surface area contributed by atoms with Crippen molar-refractivity contribution in [3.8, 4) is 5.75 Å². The Kier molecular flexibility index (Phi) is 9.23. The van der Waals surface area contributed by atoms with Crippen LogP contribution in [0.1, 0.15) is 43.5 Å². The van der Waals surface area contributed by atoms with Crippen LogP contribution in [0.15, 0.2) is 48.5 Å². The number of hydrogen-bond donors (Lipinski definition) is 1. The van der Waals surface area contributed by atoms with Crippen molar-refractivity contribution in [1.82, 2.24) is 0 Å². The number of anilines is 2. The van der Waals surface area contributed by atoms with Gasteiger partial charge < -0.3 is 24.4 Å². The maximum Gasteiger partial charge on any atom is 0.338 e. The van der Waals surface area contributed by atoms with Crippen LogP contribution in [-0.4, -0.2) is 50.1 Å². The third kappa shape index (κ3) is 7.05. The second kappa shape index (κ2) is 12.5. The predicted octanol–water partition coefficient (Wildman–Crippen LogP) is 3.58. The Bertz CT molecular complexity index is 1050. The van der Waals surface area contributed by atoms with Gasteiger partial charge in [0.2, 0.25) is 5.91 Å². The Hall–Kier alpha value is -3.88. The molecule has 1 fully saturated rings. The summed E-state index contributed by atoms with van der Waals surface area (Å²) in [7, 11) is 0. The first kappa shape index (κ1) is 25.7. The summed E-state index contributed by atoms with van der Waals surface area (Å²) < 4.78 is 15.9. The number of unbranched alkanes of at least 4 members (excludes halogenated alkanes) is 1. The molecule has 0 aromatic heterocycles. The van der Waals surface area contributed by atoms with Crippen molar-refractivity contribution in [2.75, 3.05) is 36.6 Å². The van der Waals surface area contributed by atoms with Crippen LogP contribution in [0.3, 0.4) is 0 Å². The molecule has 186 valence electrons. The molecule has 0 radical (unpaired) electrons. The van der Waals surface area contributed by atoms with Gasteiger partial charge in [-0.15, -0.1) is 0 Å². The maximum absolute atomic E-state index is 12.5. The Morgan fingerprint density at radius 2 is 1.77 bits per heavy atom. The fraction of sp³-hybridized carbons (Fsp3) is 0.385. The molecule has 1 aliphatic heterocycles. The number of nitrogens with one attached hydrogen (secondary N) is 1. The fourth-order valence-corrected chi connectivity index (χ4v) is 3.59. The number of amides is 2. The van der Waals surface area contributed by atoms with Gasteiger partial charge in [-0.1, -0.05) is 25.5 Å². The lowest BCUT2D eigenvalue weighted by Gasteiger charge is -2.19. The zero-order valence-corrected chi connectivity index (χ0v) is 20.0. The standard InChI is InChI=1S/C26H30N2O7/c1-3-5-14-34-25(31)18-10-12-20(13-11-18)27-23(29)17-35-26(32)19-15-24(30)28(16-19)21-8-6-7-9-22(21)33-4-2/h6-13,19H,3-5,14-17H2,1-2H3,(H,27,29)/t19-/m0/s1. The van der Waals surface area contributed by atoms with Crippen molar-refractivity contribution in [3.05, 3.63) is 54.1 Å². The molecule has 1 aliphatic rings. The zero-order chi connectivity index (χ0) is 25.2. The summed E-state index contributed by atoms with van der Waals surface area (Å²) in [5.41, 5.74) is 1.43. The van der Waals surface area contributed by atoms with Crippen LogP contribution in [0.25, 0.3) is 0 Å². The van der Waals surface area contributed by atoms with E-state index < -0.39 is 30.4 Å². The number of hydrogen-bond acceptors (Lipinski definition) is 7. The van der Waals surface area contributed by atoms with Crippen molar-refractivity contribution < 1.29 is 33.4 Å². The minimum Gasteiger partial charge on any atom is -0.492 e. The van der Waals surface area contributed by atoms with E-state index in [-0.39, 0.29) is 18.9 Å². The molecule has 0 saturated carbocycles. The molecule has 1 N–H and O–H groups in total. The quantitative estimate of drug-likeness (QED) is 0.385. The van der Waals surface area contributed by atoms with Crippen LogP contribution in [0.5, 0.6) is 5.75 Å². The van der Waals surface area contributed by atoms with Gasteiger partial charge in [0.25, 0.3) is 5.91 Å². The molecule has 9 heteroatoms. The van der Waals surface area contributed by atoms with E-state index >= 15 is 0 Å². The van der Waals surface area contributed by atoms with E-state index in [2.05, 4.69) is 5.32 Å². The highest BCUT2D eigenvalue weighted by atomic mass is 16.5. The van der Waals surface area contributed by atoms with Crippen LogP contribution in [-0.2, 0) is 23.9 Å². The monoisotopic (exact) mass is 482 g/mol. The number of ether oxygens (including phenoxy) is 3. The topological polar surface area (TPSA) is 111 Å². The lowest BCUT2D eigenvalue weighted by atomic mass is 10.1. The van der Waals surface area contributed by atoms with Crippen molar-refractivity contribution >= 4 is 35.1 Å². The van der Waals surface area contributed by atoms with Gasteiger partial charge >= 0.3 is 11.9 Å². The molecule has 0 bridgehead atoms. The Balaban J connectivity index is 1.48. The highest BCUT2D eigenvalue weighted by molar-refractivity contribution is 6.01. The summed E-state index contributed by atoms with van der Waals surface area (Å²) >= 11 is 0. The number of benzene rings is 2. The summed E-state index contributed by atoms with van der Waals surface area (Å²) in [6.45, 7) is 4.34. The largest absolute Gasteiger partial charge is 0.492 e. The van der Waals surface area contributed by atoms with E-state index in [4.69, 9.17) is 14.2 Å². The van der Waals surface area contributed by atoms with Gasteiger partial charge in [0, 0.05) is 18.7 Å². The molecular formula is C26H30N2O7. The number of para-hydroxylation sites is 2. The average Bonchev–Trinajstić information content (AvgIpc) is 3.25. The number of rotatable bonds is 11. The first-order chi connectivity index (χ1) is 16.9. The van der Waals surface area contributed by atoms with E-state index in [1.165, 1.54) is 4.90 Å². The second-order valence-electron chi connectivity index (χ2n) is 8.03. The van der Waals surface area contributed by atoms with Gasteiger partial charge in [-0.3, -0.25) is 14.4 Å². The van der Waals surface area contributed by atoms with E-state index in [1.54, 1.807) is 42.5 Å². The summed E-state index contributed by atoms with van der Waals surface area (Å²) in [5.74, 6) is -1.89. The summed E-state index contributed by atoms with van der Waals surface area (Å²) in [4.78, 5) is 50.7. The molecule has 2 aromatic rings. The fourth-order valence-electron chi connectivity index (χ4n) is 3.59. The van der Waals surface area contributed by atoms with E-state index in [9.17, 15) is 19.2 Å². The SMILES string of the molecule is CCCCOC(=O)c1ccc(NC(=O)COC(=O)[C@H]2CC(=O)N(c3ccccc3OCC)C2)cc1. The van der Waals surface area contributed by atoms with Gasteiger partial charge in [-0.05, 0) is 49.7 Å². The van der Waals surface area contributed by atoms with Crippen LogP contribution < -0.4 is 15.0 Å². The normalized spacial score (nSPS) is 15.0. The molecule has 0 spiro atoms. The summed E-state index contributed by atoms with van der Waals surface area (Å²) in [6, 6.07) is 13.4. The summed E-state index contributed by atoms with van der Waals surface area (Å²) in [5, 5.41) is 2.61. The molecule has 1 saturated heterocycles. The molecule has 1 heterocycles. The summed E-state index contributed by atoms with van der Waals surface area (Å²) in [6.07, 6.45) is 1.73. The zero-order valence-electron chi connectivity index (χ0n) is 20.0. The van der Waals surface area contributed by atoms with Crippen molar-refractivity contribution in [2.45, 2.75) is 33.1 Å². The van der Waals surface area contributed by atoms with Crippen LogP contribution in [0.4, 0.5) is 11.4 Å². The molecule has 2 aromatic carbocycles. The molecule has 0 unspecified atom stereocenters. The highest BCUT2D eigenvalue weighted by Crippen LogP contribution is 2.33. The third-order valence-electron chi connectivity index (χ3n) is 5.40. The molecule has 0 aliphatic carbocycles. The van der Waals surface area contributed by atoms with Crippen LogP contribution in [0, 0.1) is 5.92 Å². The average molecular weight is 483 g/mol. The van der Waals surface area contributed by atoms with Gasteiger partial charge in [-0.25, -0.2) is 4.79 Å². The molecule has 1 atom stereocenters. The Morgan fingerprint density at radius 3 is 2.49 bits per heavy atom. The first-order valence-electron chi connectivity index (χ1n) is 11.7. The van der Waals surface area contributed by atoms with Crippen LogP contribution >= 0.6 is 0 Å². The number of esters is 2. The number of carbonyl (C=O) groups is 4. The van der Waals surface area contributed by atoms with Crippen molar-refractivity contribution in [2.24, 2.45) is 5.92 Å². The van der Waals surface area contributed by atoms with Gasteiger partial charge in [-0.2, -0.15) is 0 Å². The van der Waals surface area contributed by atoms with Crippen molar-refractivity contribution in [1.29, 1.82) is 0 Å². The molecule has 9 nitrogen and oxygen atoms in total. The molecule has 3 rings (SSSR count).